The Hall–Kier alpha value is -2.53. The number of hydrogen-bond acceptors (Lipinski definition) is 3. The van der Waals surface area contributed by atoms with E-state index in [9.17, 15) is 8.78 Å². The smallest absolute Gasteiger partial charge is 0.135 e. The zero-order chi connectivity index (χ0) is 19.3. The van der Waals surface area contributed by atoms with Gasteiger partial charge in [0.05, 0.1) is 22.0 Å². The average Bonchev–Trinajstić information content (AvgIpc) is 2.73. The van der Waals surface area contributed by atoms with Crippen molar-refractivity contribution >= 4 is 28.8 Å². The molecule has 4 rings (SSSR count). The first-order chi connectivity index (χ1) is 12.9. The van der Waals surface area contributed by atoms with Gasteiger partial charge in [0.25, 0.3) is 0 Å². The number of fused-ring (bicyclic) bond motifs is 3. The summed E-state index contributed by atoms with van der Waals surface area (Å²) < 4.78 is 29.3. The van der Waals surface area contributed by atoms with Crippen molar-refractivity contribution in [3.8, 4) is 0 Å². The largest absolute Gasteiger partial charge is 0.323 e. The average molecular weight is 386 g/mol. The van der Waals surface area contributed by atoms with Crippen LogP contribution in [-0.2, 0) is 0 Å². The van der Waals surface area contributed by atoms with E-state index in [1.807, 2.05) is 44.0 Å². The Bertz CT molecular complexity index is 1020. The van der Waals surface area contributed by atoms with Gasteiger partial charge in [-0.05, 0) is 50.1 Å². The molecule has 138 valence electrons. The lowest BCUT2D eigenvalue weighted by atomic mass is 9.97. The molecular weight excluding hydrogens is 368 g/mol. The number of aliphatic imine (C=N–C) groups is 2. The van der Waals surface area contributed by atoms with Gasteiger partial charge in [0, 0.05) is 18.3 Å². The number of halogens is 3. The molecule has 0 aliphatic carbocycles. The molecule has 0 radical (unpaired) electrons. The minimum absolute atomic E-state index is 0.164. The fourth-order valence-electron chi connectivity index (χ4n) is 3.51. The number of aryl methyl sites for hydroxylation is 1. The Morgan fingerprint density at radius 2 is 1.78 bits per heavy atom. The maximum absolute atomic E-state index is 14.6. The van der Waals surface area contributed by atoms with Gasteiger partial charge >= 0.3 is 0 Å². The fourth-order valence-corrected chi connectivity index (χ4v) is 3.76. The van der Waals surface area contributed by atoms with Crippen LogP contribution in [0, 0.1) is 18.6 Å². The van der Waals surface area contributed by atoms with Gasteiger partial charge in [0.1, 0.15) is 23.5 Å². The number of hydrogen-bond donors (Lipinski definition) is 0. The molecule has 0 saturated carbocycles. The summed E-state index contributed by atoms with van der Waals surface area (Å²) in [5.41, 5.74) is 3.24. The molecule has 2 aliphatic rings. The lowest BCUT2D eigenvalue weighted by Gasteiger charge is -2.30. The summed E-state index contributed by atoms with van der Waals surface area (Å²) in [7, 11) is 0. The molecule has 6 heteroatoms. The van der Waals surface area contributed by atoms with Crippen LogP contribution in [0.25, 0.3) is 0 Å². The molecule has 0 bridgehead atoms. The maximum Gasteiger partial charge on any atom is 0.135 e. The van der Waals surface area contributed by atoms with Crippen molar-refractivity contribution in [2.75, 3.05) is 11.4 Å². The molecular formula is C21H18ClF2N3. The van der Waals surface area contributed by atoms with Crippen LogP contribution in [0.5, 0.6) is 0 Å². The van der Waals surface area contributed by atoms with Crippen molar-refractivity contribution in [2.24, 2.45) is 9.98 Å². The number of anilines is 1. The predicted octanol–water partition coefficient (Wildman–Crippen LogP) is 5.29. The zero-order valence-corrected chi connectivity index (χ0v) is 16.0. The van der Waals surface area contributed by atoms with Gasteiger partial charge in [-0.25, -0.2) is 13.8 Å². The van der Waals surface area contributed by atoms with Gasteiger partial charge in [-0.15, -0.1) is 0 Å². The van der Waals surface area contributed by atoms with E-state index in [0.29, 0.717) is 17.1 Å². The monoisotopic (exact) mass is 385 g/mol. The molecule has 0 fully saturated rings. The standard InChI is InChI=1S/C21H18ClF2N3/c1-11-9-25-21-13(3)26-20(17-14(23)5-4-6-15(17)24)18-16(27(21)10-11)8-7-12(2)19(18)22/h4-9,13H,10H2,1-3H3/t13-/m0/s1. The molecule has 0 spiro atoms. The van der Waals surface area contributed by atoms with Crippen molar-refractivity contribution in [1.82, 2.24) is 0 Å². The Balaban J connectivity index is 2.07. The van der Waals surface area contributed by atoms with Crippen LogP contribution in [-0.4, -0.2) is 24.1 Å². The second kappa shape index (κ2) is 6.57. The molecule has 2 aliphatic heterocycles. The lowest BCUT2D eigenvalue weighted by Crippen LogP contribution is -2.39. The summed E-state index contributed by atoms with van der Waals surface area (Å²) in [6.07, 6.45) is 1.81. The van der Waals surface area contributed by atoms with Crippen molar-refractivity contribution in [3.63, 3.8) is 0 Å². The predicted molar refractivity (Wildman–Crippen MR) is 106 cm³/mol. The molecule has 2 heterocycles. The zero-order valence-electron chi connectivity index (χ0n) is 15.2. The molecule has 1 atom stereocenters. The van der Waals surface area contributed by atoms with E-state index in [2.05, 4.69) is 9.98 Å². The van der Waals surface area contributed by atoms with E-state index in [4.69, 9.17) is 11.6 Å². The Morgan fingerprint density at radius 3 is 2.48 bits per heavy atom. The van der Waals surface area contributed by atoms with E-state index < -0.39 is 11.6 Å². The van der Waals surface area contributed by atoms with E-state index in [-0.39, 0.29) is 17.3 Å². The SMILES string of the molecule is CC1=CN=C2[C@H](C)N=C(c3c(F)cccc3F)c3c(ccc(C)c3Cl)N2C1. The van der Waals surface area contributed by atoms with Crippen molar-refractivity contribution in [2.45, 2.75) is 26.8 Å². The van der Waals surface area contributed by atoms with Crippen LogP contribution in [0.1, 0.15) is 30.5 Å². The summed E-state index contributed by atoms with van der Waals surface area (Å²) in [5, 5.41) is 0.439. The summed E-state index contributed by atoms with van der Waals surface area (Å²) in [4.78, 5) is 11.2. The number of rotatable bonds is 1. The van der Waals surface area contributed by atoms with Crippen LogP contribution in [0.4, 0.5) is 14.5 Å². The van der Waals surface area contributed by atoms with E-state index in [0.717, 1.165) is 22.7 Å². The minimum atomic E-state index is -0.666. The van der Waals surface area contributed by atoms with Gasteiger partial charge in [-0.3, -0.25) is 4.99 Å². The molecule has 2 aromatic carbocycles. The Labute approximate surface area is 161 Å². The van der Waals surface area contributed by atoms with E-state index in [1.165, 1.54) is 18.2 Å². The second-order valence-electron chi connectivity index (χ2n) is 6.89. The van der Waals surface area contributed by atoms with Gasteiger partial charge in [0.2, 0.25) is 0 Å². The van der Waals surface area contributed by atoms with Gasteiger partial charge in [-0.1, -0.05) is 23.7 Å². The van der Waals surface area contributed by atoms with Crippen molar-refractivity contribution in [1.29, 1.82) is 0 Å². The topological polar surface area (TPSA) is 28.0 Å². The highest BCUT2D eigenvalue weighted by Crippen LogP contribution is 2.37. The van der Waals surface area contributed by atoms with Crippen LogP contribution in [0.15, 0.2) is 52.1 Å². The third-order valence-corrected chi connectivity index (χ3v) is 5.32. The highest BCUT2D eigenvalue weighted by atomic mass is 35.5. The molecule has 2 aromatic rings. The fraction of sp³-hybridized carbons (Fsp3) is 0.238. The maximum atomic E-state index is 14.6. The molecule has 0 unspecified atom stereocenters. The van der Waals surface area contributed by atoms with Crippen LogP contribution in [0.3, 0.4) is 0 Å². The summed E-state index contributed by atoms with van der Waals surface area (Å²) in [5.74, 6) is -0.602. The third-order valence-electron chi connectivity index (χ3n) is 4.84. The first-order valence-corrected chi connectivity index (χ1v) is 9.08. The summed E-state index contributed by atoms with van der Waals surface area (Å²) in [6.45, 7) is 6.34. The van der Waals surface area contributed by atoms with E-state index >= 15 is 0 Å². The lowest BCUT2D eigenvalue weighted by molar-refractivity contribution is 0.579. The minimum Gasteiger partial charge on any atom is -0.323 e. The molecule has 0 amide bonds. The first-order valence-electron chi connectivity index (χ1n) is 8.71. The molecule has 27 heavy (non-hydrogen) atoms. The Morgan fingerprint density at radius 1 is 1.07 bits per heavy atom. The molecule has 3 nitrogen and oxygen atoms in total. The number of nitrogens with zero attached hydrogens (tertiary/aromatic N) is 3. The first kappa shape index (κ1) is 17.9. The van der Waals surface area contributed by atoms with Crippen molar-refractivity contribution < 1.29 is 8.78 Å². The molecule has 0 aromatic heterocycles. The van der Waals surface area contributed by atoms with Crippen LogP contribution in [0.2, 0.25) is 5.02 Å². The van der Waals surface area contributed by atoms with Gasteiger partial charge < -0.3 is 4.90 Å². The highest BCUT2D eigenvalue weighted by molar-refractivity contribution is 6.38. The van der Waals surface area contributed by atoms with Crippen LogP contribution >= 0.6 is 11.6 Å². The quantitative estimate of drug-likeness (QED) is 0.655. The van der Waals surface area contributed by atoms with Gasteiger partial charge in [0.15, 0.2) is 0 Å². The molecule has 0 N–H and O–H groups in total. The third kappa shape index (κ3) is 2.86. The van der Waals surface area contributed by atoms with Gasteiger partial charge in [-0.2, -0.15) is 0 Å². The Kier molecular flexibility index (Phi) is 4.35. The second-order valence-corrected chi connectivity index (χ2v) is 7.27. The highest BCUT2D eigenvalue weighted by Gasteiger charge is 2.33. The number of benzene rings is 2. The summed E-state index contributed by atoms with van der Waals surface area (Å²) >= 11 is 6.64. The number of amidine groups is 1. The van der Waals surface area contributed by atoms with Crippen molar-refractivity contribution in [3.05, 3.63) is 75.5 Å². The van der Waals surface area contributed by atoms with E-state index in [1.54, 1.807) is 0 Å². The summed E-state index contributed by atoms with van der Waals surface area (Å²) in [6, 6.07) is 7.24. The van der Waals surface area contributed by atoms with Crippen LogP contribution < -0.4 is 4.90 Å². The molecule has 0 saturated heterocycles. The normalized spacial score (nSPS) is 18.8.